The van der Waals surface area contributed by atoms with E-state index < -0.39 is 10.8 Å². The van der Waals surface area contributed by atoms with Crippen molar-refractivity contribution in [3.8, 4) is 61.3 Å². The van der Waals surface area contributed by atoms with Crippen LogP contribution in [0.25, 0.3) is 83.1 Å². The van der Waals surface area contributed by atoms with Crippen LogP contribution < -0.4 is 4.90 Å². The maximum atomic E-state index is 2.52. The molecule has 0 saturated carbocycles. The Labute approximate surface area is 477 Å². The average molecular weight is 1040 g/mol. The van der Waals surface area contributed by atoms with Gasteiger partial charge >= 0.3 is 0 Å². The van der Waals surface area contributed by atoms with Crippen molar-refractivity contribution in [2.45, 2.75) is 10.8 Å². The van der Waals surface area contributed by atoms with E-state index >= 15 is 0 Å². The van der Waals surface area contributed by atoms with Gasteiger partial charge in [-0.25, -0.2) is 0 Å². The second-order valence-corrected chi connectivity index (χ2v) is 22.2. The monoisotopic (exact) mass is 1040 g/mol. The van der Waals surface area contributed by atoms with Crippen molar-refractivity contribution in [2.24, 2.45) is 0 Å². The summed E-state index contributed by atoms with van der Waals surface area (Å²) in [5, 5.41) is 2.56. The highest BCUT2D eigenvalue weighted by atomic mass is 15.1. The molecule has 382 valence electrons. The lowest BCUT2D eigenvalue weighted by Gasteiger charge is -2.39. The molecule has 82 heavy (non-hydrogen) atoms. The first-order valence-corrected chi connectivity index (χ1v) is 28.6. The summed E-state index contributed by atoms with van der Waals surface area (Å²) >= 11 is 0. The van der Waals surface area contributed by atoms with Gasteiger partial charge < -0.3 is 9.47 Å². The Balaban J connectivity index is 0.867. The molecule has 1 atom stereocenters. The van der Waals surface area contributed by atoms with Crippen molar-refractivity contribution in [3.63, 3.8) is 0 Å². The number of hydrogen-bond donors (Lipinski definition) is 0. The van der Waals surface area contributed by atoms with Crippen LogP contribution in [0.2, 0.25) is 0 Å². The predicted molar refractivity (Wildman–Crippen MR) is 340 cm³/mol. The summed E-state index contributed by atoms with van der Waals surface area (Å²) in [5.41, 5.74) is 28.4. The molecule has 0 fully saturated rings. The van der Waals surface area contributed by atoms with E-state index in [1.54, 1.807) is 0 Å². The van der Waals surface area contributed by atoms with Crippen molar-refractivity contribution in [1.82, 2.24) is 4.57 Å². The summed E-state index contributed by atoms with van der Waals surface area (Å²) in [6.07, 6.45) is 0. The standard InChI is InChI=1S/C80H52N2/c1-4-22-53(23-5-1)54-42-44-55(45-43-54)61-28-12-17-39-74(61)81(60-50-51-64-63-29-10-14-34-68(63)79(73(64)52-60,57-24-6-2-7-25-57)58-26-8-3-9-27-58)59-48-46-56(47-49-59)62-32-20-37-71-77(62)67-31-11-15-35-69(67)80(71)70-36-16-19-41-76(70)82-75-40-18-13-30-65(75)66-33-21-38-72(80)78(66)82/h1-52H. The first-order chi connectivity index (χ1) is 40.7. The van der Waals surface area contributed by atoms with Crippen LogP contribution in [0.4, 0.5) is 17.1 Å². The summed E-state index contributed by atoms with van der Waals surface area (Å²) in [4.78, 5) is 2.49. The average Bonchev–Trinajstić information content (AvgIpc) is 1.87. The highest BCUT2D eigenvalue weighted by Crippen LogP contribution is 2.63. The van der Waals surface area contributed by atoms with Gasteiger partial charge in [-0.05, 0) is 137 Å². The van der Waals surface area contributed by atoms with Crippen LogP contribution in [-0.4, -0.2) is 4.57 Å². The molecule has 1 unspecified atom stereocenters. The molecular weight excluding hydrogens is 989 g/mol. The van der Waals surface area contributed by atoms with E-state index in [1.807, 2.05) is 0 Å². The molecule has 2 aliphatic carbocycles. The summed E-state index contributed by atoms with van der Waals surface area (Å²) in [7, 11) is 0. The predicted octanol–water partition coefficient (Wildman–Crippen LogP) is 20.3. The zero-order valence-electron chi connectivity index (χ0n) is 44.9. The third kappa shape index (κ3) is 6.40. The molecule has 2 heteroatoms. The highest BCUT2D eigenvalue weighted by Gasteiger charge is 2.52. The van der Waals surface area contributed by atoms with Crippen molar-refractivity contribution in [1.29, 1.82) is 0 Å². The number of nitrogens with zero attached hydrogens (tertiary/aromatic N) is 2. The Bertz CT molecular complexity index is 4800. The fourth-order valence-electron chi connectivity index (χ4n) is 15.0. The van der Waals surface area contributed by atoms with Crippen LogP contribution in [0.5, 0.6) is 0 Å². The number of hydrogen-bond acceptors (Lipinski definition) is 1. The fourth-order valence-corrected chi connectivity index (χ4v) is 15.0. The van der Waals surface area contributed by atoms with Gasteiger partial charge in [0.1, 0.15) is 0 Å². The van der Waals surface area contributed by atoms with Crippen LogP contribution in [0, 0.1) is 0 Å². The van der Waals surface area contributed by atoms with E-state index in [9.17, 15) is 0 Å². The molecule has 2 nitrogen and oxygen atoms in total. The normalized spacial score (nSPS) is 14.7. The zero-order chi connectivity index (χ0) is 53.9. The number of rotatable bonds is 8. The minimum atomic E-state index is -0.560. The lowest BCUT2D eigenvalue weighted by molar-refractivity contribution is 0.748. The minimum Gasteiger partial charge on any atom is -0.310 e. The van der Waals surface area contributed by atoms with Gasteiger partial charge in [-0.15, -0.1) is 0 Å². The summed E-state index contributed by atoms with van der Waals surface area (Å²) in [6.45, 7) is 0. The van der Waals surface area contributed by atoms with Gasteiger partial charge in [-0.1, -0.05) is 273 Å². The maximum Gasteiger partial charge on any atom is 0.0754 e. The molecule has 3 aliphatic rings. The maximum absolute atomic E-state index is 2.52. The number of aromatic nitrogens is 1. The first kappa shape index (κ1) is 46.4. The topological polar surface area (TPSA) is 8.17 Å². The molecule has 2 heterocycles. The Morgan fingerprint density at radius 3 is 1.51 bits per heavy atom. The third-order valence-electron chi connectivity index (χ3n) is 18.3. The summed E-state index contributed by atoms with van der Waals surface area (Å²) in [5.74, 6) is 0. The van der Waals surface area contributed by atoms with Crippen LogP contribution in [0.3, 0.4) is 0 Å². The Hall–Kier alpha value is -10.5. The van der Waals surface area contributed by atoms with E-state index in [4.69, 9.17) is 0 Å². The van der Waals surface area contributed by atoms with E-state index in [0.717, 1.165) is 28.2 Å². The Kier molecular flexibility index (Phi) is 10.2. The largest absolute Gasteiger partial charge is 0.310 e. The van der Waals surface area contributed by atoms with E-state index in [-0.39, 0.29) is 0 Å². The van der Waals surface area contributed by atoms with Crippen molar-refractivity contribution in [3.05, 3.63) is 360 Å². The molecule has 0 radical (unpaired) electrons. The summed E-state index contributed by atoms with van der Waals surface area (Å²) in [6, 6.07) is 118. The number of para-hydroxylation sites is 4. The Morgan fingerprint density at radius 2 is 0.756 bits per heavy atom. The van der Waals surface area contributed by atoms with Gasteiger partial charge in [-0.2, -0.15) is 0 Å². The second-order valence-electron chi connectivity index (χ2n) is 22.2. The Morgan fingerprint density at radius 1 is 0.268 bits per heavy atom. The smallest absolute Gasteiger partial charge is 0.0754 e. The van der Waals surface area contributed by atoms with Gasteiger partial charge in [0.05, 0.1) is 33.2 Å². The van der Waals surface area contributed by atoms with Gasteiger partial charge in [0, 0.05) is 27.7 Å². The molecule has 0 amide bonds. The molecule has 1 spiro atoms. The lowest BCUT2D eigenvalue weighted by atomic mass is 9.65. The molecule has 13 aromatic carbocycles. The SMILES string of the molecule is c1ccc(-c2ccc(-c3ccccc3N(c3ccc(-c4cccc5c4-c4ccccc4C54c5ccccc5-n5c6ccccc6c6cccc4c65)cc3)c3ccc4c(c3)C(c3ccccc3)(c3ccccc3)c3ccccc3-4)cc2)cc1. The highest BCUT2D eigenvalue weighted by molar-refractivity contribution is 6.13. The number of anilines is 3. The molecule has 0 saturated heterocycles. The third-order valence-corrected chi connectivity index (χ3v) is 18.3. The van der Waals surface area contributed by atoms with Crippen molar-refractivity contribution >= 4 is 38.9 Å². The molecule has 17 rings (SSSR count). The van der Waals surface area contributed by atoms with Gasteiger partial charge in [0.2, 0.25) is 0 Å². The van der Waals surface area contributed by atoms with Crippen LogP contribution in [-0.2, 0) is 10.8 Å². The number of benzene rings is 13. The molecule has 1 aromatic heterocycles. The molecule has 14 aromatic rings. The molecular formula is C80H52N2. The molecule has 1 aliphatic heterocycles. The number of fused-ring (bicyclic) bond motifs is 15. The summed E-state index contributed by atoms with van der Waals surface area (Å²) < 4.78 is 2.52. The van der Waals surface area contributed by atoms with Crippen LogP contribution in [0.1, 0.15) is 44.5 Å². The van der Waals surface area contributed by atoms with E-state index in [0.29, 0.717) is 0 Å². The zero-order valence-corrected chi connectivity index (χ0v) is 44.9. The first-order valence-electron chi connectivity index (χ1n) is 28.6. The lowest BCUT2D eigenvalue weighted by Crippen LogP contribution is -2.33. The molecule has 0 bridgehead atoms. The van der Waals surface area contributed by atoms with E-state index in [1.165, 1.54) is 117 Å². The minimum absolute atomic E-state index is 0.538. The van der Waals surface area contributed by atoms with Gasteiger partial charge in [0.25, 0.3) is 0 Å². The van der Waals surface area contributed by atoms with Crippen LogP contribution in [0.15, 0.2) is 315 Å². The van der Waals surface area contributed by atoms with E-state index in [2.05, 4.69) is 325 Å². The van der Waals surface area contributed by atoms with Crippen LogP contribution >= 0.6 is 0 Å². The van der Waals surface area contributed by atoms with Crippen molar-refractivity contribution in [2.75, 3.05) is 4.90 Å². The van der Waals surface area contributed by atoms with Gasteiger partial charge in [-0.3, -0.25) is 0 Å². The quantitative estimate of drug-likeness (QED) is 0.147. The van der Waals surface area contributed by atoms with Gasteiger partial charge in [0.15, 0.2) is 0 Å². The fraction of sp³-hybridized carbons (Fsp3) is 0.0250. The van der Waals surface area contributed by atoms with Crippen molar-refractivity contribution < 1.29 is 0 Å². The molecule has 0 N–H and O–H groups in total. The second kappa shape index (κ2) is 18.0.